The van der Waals surface area contributed by atoms with Crippen LogP contribution >= 0.6 is 11.3 Å². The van der Waals surface area contributed by atoms with Crippen LogP contribution < -0.4 is 10.2 Å². The lowest BCUT2D eigenvalue weighted by atomic mass is 10.1. The number of likely N-dealkylation sites (N-methyl/N-ethyl adjacent to an activating group) is 1. The zero-order valence-corrected chi connectivity index (χ0v) is 14.3. The second kappa shape index (κ2) is 5.20. The fourth-order valence-electron chi connectivity index (χ4n) is 3.38. The number of thiophene rings is 1. The summed E-state index contributed by atoms with van der Waals surface area (Å²) in [7, 11) is 2.06. The maximum absolute atomic E-state index is 12.5. The Labute approximate surface area is 139 Å². The minimum atomic E-state index is 0.0318. The molecule has 1 atom stereocenters. The van der Waals surface area contributed by atoms with Gasteiger partial charge in [-0.3, -0.25) is 9.78 Å². The van der Waals surface area contributed by atoms with Crippen LogP contribution in [0.5, 0.6) is 0 Å². The summed E-state index contributed by atoms with van der Waals surface area (Å²) >= 11 is 1.57. The van der Waals surface area contributed by atoms with Crippen LogP contribution in [0.15, 0.2) is 24.3 Å². The van der Waals surface area contributed by atoms with Crippen molar-refractivity contribution in [2.45, 2.75) is 26.3 Å². The molecule has 1 amide bonds. The fourth-order valence-corrected chi connectivity index (χ4v) is 4.55. The van der Waals surface area contributed by atoms with Crippen molar-refractivity contribution in [1.82, 2.24) is 10.3 Å². The Balaban J connectivity index is 2.07. The number of fused-ring (bicyclic) bond motifs is 5. The fraction of sp³-hybridized carbons (Fsp3) is 0.333. The van der Waals surface area contributed by atoms with Gasteiger partial charge in [-0.25, -0.2) is 0 Å². The first-order valence-corrected chi connectivity index (χ1v) is 8.77. The second-order valence-corrected chi connectivity index (χ2v) is 7.25. The molecule has 1 aromatic carbocycles. The highest BCUT2D eigenvalue weighted by Crippen LogP contribution is 2.42. The molecular formula is C18H19N3OS. The number of hydrogen-bond donors (Lipinski definition) is 1. The number of nitrogens with zero attached hydrogens (tertiary/aromatic N) is 2. The van der Waals surface area contributed by atoms with Gasteiger partial charge in [0.05, 0.1) is 11.2 Å². The molecule has 0 bridgehead atoms. The van der Waals surface area contributed by atoms with Crippen molar-refractivity contribution >= 4 is 43.9 Å². The van der Waals surface area contributed by atoms with E-state index in [0.717, 1.165) is 50.2 Å². The Kier molecular flexibility index (Phi) is 3.27. The van der Waals surface area contributed by atoms with E-state index in [1.807, 2.05) is 6.92 Å². The summed E-state index contributed by atoms with van der Waals surface area (Å²) in [5, 5.41) is 5.36. The second-order valence-electron chi connectivity index (χ2n) is 6.20. The smallest absolute Gasteiger partial charge is 0.263 e. The monoisotopic (exact) mass is 325 g/mol. The first-order chi connectivity index (χ1) is 11.1. The molecule has 1 N–H and O–H groups in total. The van der Waals surface area contributed by atoms with Crippen LogP contribution in [0.25, 0.3) is 21.0 Å². The van der Waals surface area contributed by atoms with Gasteiger partial charge < -0.3 is 10.2 Å². The van der Waals surface area contributed by atoms with E-state index in [1.54, 1.807) is 11.3 Å². The topological polar surface area (TPSA) is 45.2 Å². The van der Waals surface area contributed by atoms with Gasteiger partial charge in [-0.1, -0.05) is 13.0 Å². The number of carbonyl (C=O) groups excluding carboxylic acids is 1. The van der Waals surface area contributed by atoms with Gasteiger partial charge in [-0.15, -0.1) is 11.3 Å². The molecule has 4 rings (SSSR count). The van der Waals surface area contributed by atoms with Crippen LogP contribution in [-0.4, -0.2) is 30.5 Å². The largest absolute Gasteiger partial charge is 0.371 e. The summed E-state index contributed by atoms with van der Waals surface area (Å²) in [4.78, 5) is 20.3. The number of anilines is 1. The number of amides is 1. The lowest BCUT2D eigenvalue weighted by Crippen LogP contribution is -2.36. The highest BCUT2D eigenvalue weighted by atomic mass is 32.1. The normalized spacial score (nSPS) is 18.1. The molecule has 118 valence electrons. The summed E-state index contributed by atoms with van der Waals surface area (Å²) in [5.74, 6) is 0.0318. The molecule has 3 heterocycles. The molecule has 3 aromatic rings. The summed E-state index contributed by atoms with van der Waals surface area (Å²) < 4.78 is 1.14. The van der Waals surface area contributed by atoms with Gasteiger partial charge in [0.1, 0.15) is 4.88 Å². The van der Waals surface area contributed by atoms with Gasteiger partial charge in [0.15, 0.2) is 0 Å². The third kappa shape index (κ3) is 2.18. The molecule has 0 radical (unpaired) electrons. The number of benzene rings is 1. The van der Waals surface area contributed by atoms with Crippen molar-refractivity contribution in [3.8, 4) is 0 Å². The van der Waals surface area contributed by atoms with E-state index < -0.39 is 0 Å². The average Bonchev–Trinajstić information content (AvgIpc) is 2.89. The Bertz CT molecular complexity index is 931. The SMILES string of the molecule is CCc1ccc2c(ccc3sc4c(c32)N(C)CC(C)NC4=O)n1. The van der Waals surface area contributed by atoms with Crippen LogP contribution in [0, 0.1) is 0 Å². The van der Waals surface area contributed by atoms with E-state index in [2.05, 4.69) is 48.5 Å². The molecule has 1 aliphatic rings. The van der Waals surface area contributed by atoms with Crippen molar-refractivity contribution in [1.29, 1.82) is 0 Å². The van der Waals surface area contributed by atoms with E-state index in [1.165, 1.54) is 0 Å². The Morgan fingerprint density at radius 2 is 2.17 bits per heavy atom. The molecule has 0 saturated heterocycles. The highest BCUT2D eigenvalue weighted by molar-refractivity contribution is 7.21. The predicted octanol–water partition coefficient (Wildman–Crippen LogP) is 3.58. The van der Waals surface area contributed by atoms with Crippen LogP contribution in [0.1, 0.15) is 29.2 Å². The zero-order valence-electron chi connectivity index (χ0n) is 13.5. The van der Waals surface area contributed by atoms with Gasteiger partial charge in [0, 0.05) is 40.8 Å². The first-order valence-electron chi connectivity index (χ1n) is 7.95. The van der Waals surface area contributed by atoms with E-state index in [-0.39, 0.29) is 11.9 Å². The third-order valence-corrected chi connectivity index (χ3v) is 5.57. The number of pyridine rings is 1. The molecule has 1 aliphatic heterocycles. The standard InChI is InChI=1S/C18H19N3OS/c1-4-11-5-6-12-13(20-11)7-8-14-15(12)16-17(23-14)18(22)19-10(2)9-21(16)3/h5-8,10H,4,9H2,1-3H3,(H,19,22). The van der Waals surface area contributed by atoms with Gasteiger partial charge in [0.2, 0.25) is 0 Å². The summed E-state index contributed by atoms with van der Waals surface area (Å²) in [5.41, 5.74) is 3.14. The number of aryl methyl sites for hydroxylation is 1. The summed E-state index contributed by atoms with van der Waals surface area (Å²) in [6.07, 6.45) is 0.926. The quantitative estimate of drug-likeness (QED) is 0.744. The average molecular weight is 325 g/mol. The van der Waals surface area contributed by atoms with Crippen molar-refractivity contribution in [2.24, 2.45) is 0 Å². The predicted molar refractivity (Wildman–Crippen MR) is 96.7 cm³/mol. The molecule has 4 nitrogen and oxygen atoms in total. The number of carbonyl (C=O) groups is 1. The Hall–Kier alpha value is -2.14. The third-order valence-electron chi connectivity index (χ3n) is 4.43. The number of hydrogen-bond acceptors (Lipinski definition) is 4. The van der Waals surface area contributed by atoms with Crippen molar-refractivity contribution < 1.29 is 4.79 Å². The van der Waals surface area contributed by atoms with Crippen LogP contribution in [0.3, 0.4) is 0 Å². The molecular weight excluding hydrogens is 306 g/mol. The molecule has 0 aliphatic carbocycles. The van der Waals surface area contributed by atoms with Crippen LogP contribution in [-0.2, 0) is 6.42 Å². The molecule has 0 fully saturated rings. The van der Waals surface area contributed by atoms with Crippen molar-refractivity contribution in [3.05, 3.63) is 34.8 Å². The van der Waals surface area contributed by atoms with Crippen molar-refractivity contribution in [3.63, 3.8) is 0 Å². The lowest BCUT2D eigenvalue weighted by Gasteiger charge is -2.20. The van der Waals surface area contributed by atoms with Gasteiger partial charge in [-0.2, -0.15) is 0 Å². The van der Waals surface area contributed by atoms with Gasteiger partial charge >= 0.3 is 0 Å². The van der Waals surface area contributed by atoms with Crippen LogP contribution in [0.4, 0.5) is 5.69 Å². The first kappa shape index (κ1) is 14.5. The van der Waals surface area contributed by atoms with Crippen LogP contribution in [0.2, 0.25) is 0 Å². The zero-order chi connectivity index (χ0) is 16.1. The molecule has 1 unspecified atom stereocenters. The highest BCUT2D eigenvalue weighted by Gasteiger charge is 2.27. The molecule has 2 aromatic heterocycles. The van der Waals surface area contributed by atoms with E-state index in [9.17, 15) is 4.79 Å². The Morgan fingerprint density at radius 1 is 1.35 bits per heavy atom. The van der Waals surface area contributed by atoms with E-state index in [0.29, 0.717) is 0 Å². The Morgan fingerprint density at radius 3 is 2.96 bits per heavy atom. The number of aromatic nitrogens is 1. The van der Waals surface area contributed by atoms with Gasteiger partial charge in [-0.05, 0) is 31.5 Å². The minimum Gasteiger partial charge on any atom is -0.371 e. The maximum Gasteiger partial charge on any atom is 0.263 e. The summed E-state index contributed by atoms with van der Waals surface area (Å²) in [6.45, 7) is 4.96. The summed E-state index contributed by atoms with van der Waals surface area (Å²) in [6, 6.07) is 8.53. The van der Waals surface area contributed by atoms with E-state index >= 15 is 0 Å². The van der Waals surface area contributed by atoms with Crippen molar-refractivity contribution in [2.75, 3.05) is 18.5 Å². The maximum atomic E-state index is 12.5. The molecule has 0 saturated carbocycles. The lowest BCUT2D eigenvalue weighted by molar-refractivity contribution is 0.0949. The number of nitrogens with one attached hydrogen (secondary N) is 1. The molecule has 5 heteroatoms. The number of rotatable bonds is 1. The molecule has 23 heavy (non-hydrogen) atoms. The molecule has 0 spiro atoms. The van der Waals surface area contributed by atoms with E-state index in [4.69, 9.17) is 4.98 Å². The van der Waals surface area contributed by atoms with Gasteiger partial charge in [0.25, 0.3) is 5.91 Å². The minimum absolute atomic E-state index is 0.0318.